The number of hydrogen-bond donors (Lipinski definition) is 2. The molecule has 0 aromatic heterocycles. The third-order valence-corrected chi connectivity index (χ3v) is 16.0. The summed E-state index contributed by atoms with van der Waals surface area (Å²) in [5, 5.41) is 14.1. The van der Waals surface area contributed by atoms with Crippen LogP contribution >= 0.6 is 7.82 Å². The monoisotopic (exact) mass is 1100 g/mol. The topological polar surface area (TPSA) is 108 Å². The first-order valence-corrected chi connectivity index (χ1v) is 34.6. The molecule has 0 aromatic carbocycles. The van der Waals surface area contributed by atoms with Crippen molar-refractivity contribution in [1.82, 2.24) is 5.32 Å². The summed E-state index contributed by atoms with van der Waals surface area (Å²) >= 11 is 0. The number of nitrogens with zero attached hydrogens (tertiary/aromatic N) is 1. The number of likely N-dealkylation sites (N-methyl/N-ethyl adjacent to an activating group) is 1. The number of aliphatic hydroxyl groups is 1. The second-order valence-electron chi connectivity index (χ2n) is 23.8. The summed E-state index contributed by atoms with van der Waals surface area (Å²) in [6.45, 7) is 4.65. The van der Waals surface area contributed by atoms with Gasteiger partial charge in [-0.3, -0.25) is 9.36 Å². The lowest BCUT2D eigenvalue weighted by molar-refractivity contribution is -0.870. The van der Waals surface area contributed by atoms with E-state index in [2.05, 4.69) is 79.9 Å². The number of quaternary nitrogens is 1. The molecule has 0 radical (unpaired) electrons. The van der Waals surface area contributed by atoms with Crippen LogP contribution in [0.5, 0.6) is 0 Å². The predicted octanol–water partition coefficient (Wildman–Crippen LogP) is 20.2. The Balaban J connectivity index is 3.95. The van der Waals surface area contributed by atoms with Gasteiger partial charge >= 0.3 is 0 Å². The molecule has 77 heavy (non-hydrogen) atoms. The van der Waals surface area contributed by atoms with Gasteiger partial charge in [-0.2, -0.15) is 0 Å². The molecular formula is C68H129N2O6P. The van der Waals surface area contributed by atoms with E-state index in [9.17, 15) is 19.4 Å². The Labute approximate surface area is 479 Å². The van der Waals surface area contributed by atoms with Crippen LogP contribution in [-0.2, 0) is 18.4 Å². The van der Waals surface area contributed by atoms with Gasteiger partial charge < -0.3 is 28.8 Å². The minimum absolute atomic E-state index is 0.0133. The van der Waals surface area contributed by atoms with Crippen molar-refractivity contribution in [3.63, 3.8) is 0 Å². The van der Waals surface area contributed by atoms with Crippen LogP contribution in [0.25, 0.3) is 0 Å². The van der Waals surface area contributed by atoms with Gasteiger partial charge in [-0.15, -0.1) is 0 Å². The molecule has 0 bridgehead atoms. The SMILES string of the molecule is CC/C=C\C/C=C\C/C=C\C/C=C\C/C=C\CCCCCCCCCCCCCCCCCCCCCCCC(=O)NC(COP(=O)([O-])OCC[N+](C)(C)C)C(O)CCCCCCCCCCCCCCCCCCCC. The molecule has 0 aliphatic carbocycles. The highest BCUT2D eigenvalue weighted by atomic mass is 31.2. The number of nitrogens with one attached hydrogen (secondary N) is 1. The maximum Gasteiger partial charge on any atom is 0.268 e. The number of carbonyl (C=O) groups is 1. The number of rotatable bonds is 61. The second kappa shape index (κ2) is 58.8. The van der Waals surface area contributed by atoms with Gasteiger partial charge in [0.15, 0.2) is 0 Å². The summed E-state index contributed by atoms with van der Waals surface area (Å²) in [7, 11) is 1.32. The van der Waals surface area contributed by atoms with Crippen molar-refractivity contribution >= 4 is 13.7 Å². The van der Waals surface area contributed by atoms with Crippen LogP contribution in [0, 0.1) is 0 Å². The molecule has 452 valence electrons. The normalized spacial score (nSPS) is 14.1. The summed E-state index contributed by atoms with van der Waals surface area (Å²) in [6, 6.07) is -0.801. The minimum Gasteiger partial charge on any atom is -0.756 e. The maximum absolute atomic E-state index is 13.0. The van der Waals surface area contributed by atoms with Crippen molar-refractivity contribution in [3.05, 3.63) is 60.8 Å². The quantitative estimate of drug-likeness (QED) is 0.0272. The van der Waals surface area contributed by atoms with Gasteiger partial charge in [0.25, 0.3) is 7.82 Å². The van der Waals surface area contributed by atoms with E-state index in [1.165, 1.54) is 218 Å². The van der Waals surface area contributed by atoms with E-state index < -0.39 is 20.0 Å². The highest BCUT2D eigenvalue weighted by molar-refractivity contribution is 7.45. The van der Waals surface area contributed by atoms with Crippen LogP contribution < -0.4 is 10.2 Å². The van der Waals surface area contributed by atoms with E-state index in [1.807, 2.05) is 21.1 Å². The Hall–Kier alpha value is -1.80. The Morgan fingerprint density at radius 2 is 0.792 bits per heavy atom. The smallest absolute Gasteiger partial charge is 0.268 e. The number of allylic oxidation sites excluding steroid dienone is 10. The molecule has 0 aliphatic rings. The van der Waals surface area contributed by atoms with Crippen molar-refractivity contribution in [2.75, 3.05) is 40.9 Å². The van der Waals surface area contributed by atoms with E-state index in [1.54, 1.807) is 0 Å². The zero-order chi connectivity index (χ0) is 56.3. The van der Waals surface area contributed by atoms with Crippen LogP contribution in [0.4, 0.5) is 0 Å². The zero-order valence-electron chi connectivity index (χ0n) is 51.7. The molecule has 0 spiro atoms. The molecule has 0 saturated carbocycles. The summed E-state index contributed by atoms with van der Waals surface area (Å²) in [4.78, 5) is 25.6. The molecule has 2 N–H and O–H groups in total. The predicted molar refractivity (Wildman–Crippen MR) is 334 cm³/mol. The molecule has 0 fully saturated rings. The first-order chi connectivity index (χ1) is 37.5. The Kier molecular flexibility index (Phi) is 57.5. The fourth-order valence-electron chi connectivity index (χ4n) is 9.89. The van der Waals surface area contributed by atoms with E-state index in [0.29, 0.717) is 23.9 Å². The summed E-state index contributed by atoms with van der Waals surface area (Å²) in [6.07, 6.45) is 80.0. The fraction of sp³-hybridized carbons (Fsp3) is 0.838. The van der Waals surface area contributed by atoms with E-state index >= 15 is 0 Å². The van der Waals surface area contributed by atoms with Gasteiger partial charge in [0, 0.05) is 6.42 Å². The van der Waals surface area contributed by atoms with Crippen LogP contribution in [0.15, 0.2) is 60.8 Å². The number of phosphoric ester groups is 1. The van der Waals surface area contributed by atoms with Crippen LogP contribution in [0.3, 0.4) is 0 Å². The van der Waals surface area contributed by atoms with Crippen molar-refractivity contribution in [2.45, 2.75) is 328 Å². The van der Waals surface area contributed by atoms with Crippen LogP contribution in [-0.4, -0.2) is 68.5 Å². The molecule has 0 saturated heterocycles. The number of aliphatic hydroxyl groups excluding tert-OH is 1. The fourth-order valence-corrected chi connectivity index (χ4v) is 10.6. The zero-order valence-corrected chi connectivity index (χ0v) is 52.6. The number of unbranched alkanes of at least 4 members (excludes halogenated alkanes) is 38. The van der Waals surface area contributed by atoms with Crippen molar-refractivity contribution < 1.29 is 32.9 Å². The van der Waals surface area contributed by atoms with E-state index in [-0.39, 0.29) is 19.1 Å². The van der Waals surface area contributed by atoms with Gasteiger partial charge in [0.1, 0.15) is 13.2 Å². The average Bonchev–Trinajstić information content (AvgIpc) is 3.39. The average molecular weight is 1100 g/mol. The minimum atomic E-state index is -4.58. The number of hydrogen-bond acceptors (Lipinski definition) is 6. The Morgan fingerprint density at radius 1 is 0.468 bits per heavy atom. The van der Waals surface area contributed by atoms with Gasteiger partial charge in [0.2, 0.25) is 5.91 Å². The largest absolute Gasteiger partial charge is 0.756 e. The van der Waals surface area contributed by atoms with Crippen molar-refractivity contribution in [1.29, 1.82) is 0 Å². The van der Waals surface area contributed by atoms with Crippen LogP contribution in [0.1, 0.15) is 316 Å². The van der Waals surface area contributed by atoms with Gasteiger partial charge in [0.05, 0.1) is 39.9 Å². The highest BCUT2D eigenvalue weighted by Gasteiger charge is 2.24. The van der Waals surface area contributed by atoms with Gasteiger partial charge in [-0.05, 0) is 57.8 Å². The van der Waals surface area contributed by atoms with Crippen molar-refractivity contribution in [3.8, 4) is 0 Å². The van der Waals surface area contributed by atoms with Gasteiger partial charge in [-0.1, -0.05) is 312 Å². The molecule has 8 nitrogen and oxygen atoms in total. The molecule has 0 aliphatic heterocycles. The molecule has 0 aromatic rings. The van der Waals surface area contributed by atoms with Gasteiger partial charge in [-0.25, -0.2) is 0 Å². The summed E-state index contributed by atoms with van der Waals surface area (Å²) in [5.74, 6) is -0.160. The third kappa shape index (κ3) is 61.7. The summed E-state index contributed by atoms with van der Waals surface area (Å²) < 4.78 is 23.5. The lowest BCUT2D eigenvalue weighted by Gasteiger charge is -2.30. The first kappa shape index (κ1) is 75.2. The number of carbonyl (C=O) groups excluding carboxylic acids is 1. The number of phosphoric acid groups is 1. The molecule has 1 amide bonds. The Bertz CT molecular complexity index is 1440. The molecule has 9 heteroatoms. The molecule has 0 rings (SSSR count). The molecule has 3 atom stereocenters. The lowest BCUT2D eigenvalue weighted by Crippen LogP contribution is -2.46. The van der Waals surface area contributed by atoms with E-state index in [0.717, 1.165) is 70.6 Å². The highest BCUT2D eigenvalue weighted by Crippen LogP contribution is 2.38. The molecule has 0 heterocycles. The Morgan fingerprint density at radius 3 is 1.16 bits per heavy atom. The van der Waals surface area contributed by atoms with Crippen molar-refractivity contribution in [2.24, 2.45) is 0 Å². The first-order valence-electron chi connectivity index (χ1n) is 33.1. The lowest BCUT2D eigenvalue weighted by atomic mass is 10.0. The molecular weight excluding hydrogens is 972 g/mol. The summed E-state index contributed by atoms with van der Waals surface area (Å²) in [5.41, 5.74) is 0. The molecule has 3 unspecified atom stereocenters. The third-order valence-electron chi connectivity index (χ3n) is 15.0. The number of amides is 1. The van der Waals surface area contributed by atoms with E-state index in [4.69, 9.17) is 9.05 Å². The van der Waals surface area contributed by atoms with Crippen LogP contribution in [0.2, 0.25) is 0 Å². The second-order valence-corrected chi connectivity index (χ2v) is 25.2. The standard InChI is InChI=1S/C68H129N2O6P/c1-6-8-10-12-14-16-18-20-22-24-26-27-28-29-30-31-32-33-34-35-36-37-38-39-40-41-42-43-44-46-48-50-52-54-56-58-60-62-68(72)69-66(65-76-77(73,74)75-64-63-70(3,4)5)67(71)61-59-57-55-53-51-49-47-45-25-23-21-19-17-15-13-11-9-7-2/h8,10,14,16,20,22,26-27,29-30,66-67,71H,6-7,9,11-13,15,17-19,21,23-25,28,31-65H2,1-5H3,(H-,69,72,73,74)/b10-8-,16-14-,22-20-,27-26-,30-29-. The maximum atomic E-state index is 13.0.